The SMILES string of the molecule is CCCCOc1cccc(C(=O)N=c2sc3cc([N+](=O)[O-])ccc3n2CCOC)c1. The maximum atomic E-state index is 12.8. The number of amides is 1. The minimum atomic E-state index is -0.440. The average molecular weight is 429 g/mol. The minimum Gasteiger partial charge on any atom is -0.494 e. The van der Waals surface area contributed by atoms with Crippen LogP contribution in [0, 0.1) is 10.1 Å². The number of ether oxygens (including phenoxy) is 2. The number of unbranched alkanes of at least 4 members (excludes halogenated alkanes) is 1. The lowest BCUT2D eigenvalue weighted by atomic mass is 10.2. The van der Waals surface area contributed by atoms with Crippen LogP contribution in [0.3, 0.4) is 0 Å². The molecule has 1 amide bonds. The van der Waals surface area contributed by atoms with Crippen molar-refractivity contribution < 1.29 is 19.2 Å². The Bertz CT molecular complexity index is 1120. The monoisotopic (exact) mass is 429 g/mol. The lowest BCUT2D eigenvalue weighted by Gasteiger charge is -2.06. The molecule has 0 bridgehead atoms. The number of nitrogens with zero attached hydrogens (tertiary/aromatic N) is 3. The van der Waals surface area contributed by atoms with Crippen molar-refractivity contribution >= 4 is 33.1 Å². The number of methoxy groups -OCH3 is 1. The van der Waals surface area contributed by atoms with Gasteiger partial charge in [-0.05, 0) is 30.7 Å². The van der Waals surface area contributed by atoms with Crippen molar-refractivity contribution in [1.82, 2.24) is 4.57 Å². The van der Waals surface area contributed by atoms with E-state index in [0.29, 0.717) is 40.6 Å². The van der Waals surface area contributed by atoms with E-state index in [1.807, 2.05) is 10.6 Å². The molecule has 0 spiro atoms. The normalized spacial score (nSPS) is 11.7. The van der Waals surface area contributed by atoms with Crippen LogP contribution in [0.25, 0.3) is 10.2 Å². The summed E-state index contributed by atoms with van der Waals surface area (Å²) in [6, 6.07) is 11.6. The van der Waals surface area contributed by atoms with Gasteiger partial charge in [0.05, 0.1) is 28.4 Å². The Labute approximate surface area is 177 Å². The third-order valence-electron chi connectivity index (χ3n) is 4.44. The van der Waals surface area contributed by atoms with Crippen molar-refractivity contribution in [3.05, 3.63) is 62.9 Å². The molecule has 0 aliphatic rings. The van der Waals surface area contributed by atoms with E-state index in [1.54, 1.807) is 31.4 Å². The fraction of sp³-hybridized carbons (Fsp3) is 0.333. The van der Waals surface area contributed by atoms with E-state index in [0.717, 1.165) is 18.4 Å². The van der Waals surface area contributed by atoms with Gasteiger partial charge >= 0.3 is 0 Å². The van der Waals surface area contributed by atoms with Gasteiger partial charge in [0, 0.05) is 31.4 Å². The molecule has 3 aromatic rings. The molecule has 158 valence electrons. The van der Waals surface area contributed by atoms with Crippen molar-refractivity contribution in [2.24, 2.45) is 4.99 Å². The topological polar surface area (TPSA) is 96.0 Å². The molecule has 8 nitrogen and oxygen atoms in total. The molecule has 0 aliphatic heterocycles. The number of fused-ring (bicyclic) bond motifs is 1. The highest BCUT2D eigenvalue weighted by Crippen LogP contribution is 2.23. The van der Waals surface area contributed by atoms with E-state index >= 15 is 0 Å². The molecule has 0 fully saturated rings. The second-order valence-corrected chi connectivity index (χ2v) is 7.59. The summed E-state index contributed by atoms with van der Waals surface area (Å²) in [6.07, 6.45) is 1.97. The fourth-order valence-corrected chi connectivity index (χ4v) is 3.95. The van der Waals surface area contributed by atoms with Crippen LogP contribution in [0.4, 0.5) is 5.69 Å². The molecular formula is C21H23N3O5S. The van der Waals surface area contributed by atoms with Crippen LogP contribution in [0.1, 0.15) is 30.1 Å². The van der Waals surface area contributed by atoms with E-state index in [9.17, 15) is 14.9 Å². The highest BCUT2D eigenvalue weighted by molar-refractivity contribution is 7.16. The van der Waals surface area contributed by atoms with Gasteiger partial charge < -0.3 is 14.0 Å². The quantitative estimate of drug-likeness (QED) is 0.289. The minimum absolute atomic E-state index is 0.00236. The van der Waals surface area contributed by atoms with Crippen molar-refractivity contribution in [3.8, 4) is 5.75 Å². The number of nitro benzene ring substituents is 1. The van der Waals surface area contributed by atoms with Crippen LogP contribution >= 0.6 is 11.3 Å². The zero-order valence-electron chi connectivity index (χ0n) is 16.9. The van der Waals surface area contributed by atoms with Gasteiger partial charge in [0.1, 0.15) is 5.75 Å². The molecule has 0 saturated carbocycles. The molecular weight excluding hydrogens is 406 g/mol. The van der Waals surface area contributed by atoms with Crippen LogP contribution in [-0.2, 0) is 11.3 Å². The zero-order chi connectivity index (χ0) is 21.5. The molecule has 2 aromatic carbocycles. The van der Waals surface area contributed by atoms with Gasteiger partial charge in [-0.15, -0.1) is 0 Å². The largest absolute Gasteiger partial charge is 0.494 e. The van der Waals surface area contributed by atoms with Gasteiger partial charge in [-0.25, -0.2) is 0 Å². The number of aromatic nitrogens is 1. The Hall–Kier alpha value is -3.04. The second-order valence-electron chi connectivity index (χ2n) is 6.59. The number of hydrogen-bond donors (Lipinski definition) is 0. The number of benzene rings is 2. The lowest BCUT2D eigenvalue weighted by Crippen LogP contribution is -2.19. The van der Waals surface area contributed by atoms with E-state index in [2.05, 4.69) is 11.9 Å². The third-order valence-corrected chi connectivity index (χ3v) is 5.48. The first-order valence-corrected chi connectivity index (χ1v) is 10.4. The molecule has 0 saturated heterocycles. The maximum absolute atomic E-state index is 12.8. The molecule has 0 N–H and O–H groups in total. The summed E-state index contributed by atoms with van der Waals surface area (Å²) in [5.74, 6) is 0.229. The number of thiazole rings is 1. The Morgan fingerprint density at radius 3 is 2.80 bits per heavy atom. The molecule has 30 heavy (non-hydrogen) atoms. The van der Waals surface area contributed by atoms with Crippen LogP contribution in [0.15, 0.2) is 47.5 Å². The summed E-state index contributed by atoms with van der Waals surface area (Å²) in [4.78, 5) is 28.2. The molecule has 0 aliphatic carbocycles. The Morgan fingerprint density at radius 2 is 2.07 bits per heavy atom. The first kappa shape index (κ1) is 21.7. The Balaban J connectivity index is 1.98. The van der Waals surface area contributed by atoms with Gasteiger partial charge in [-0.2, -0.15) is 4.99 Å². The van der Waals surface area contributed by atoms with Crippen LogP contribution in [0.2, 0.25) is 0 Å². The lowest BCUT2D eigenvalue weighted by molar-refractivity contribution is -0.384. The number of hydrogen-bond acceptors (Lipinski definition) is 6. The van der Waals surface area contributed by atoms with E-state index in [1.165, 1.54) is 23.5 Å². The first-order chi connectivity index (χ1) is 14.5. The standard InChI is InChI=1S/C21H23N3O5S/c1-3-4-11-29-17-7-5-6-15(13-17)20(25)22-21-23(10-12-28-2)18-9-8-16(24(26)27)14-19(18)30-21/h5-9,13-14H,3-4,10-12H2,1-2H3. The predicted octanol–water partition coefficient (Wildman–Crippen LogP) is 4.18. The van der Waals surface area contributed by atoms with Gasteiger partial charge in [0.25, 0.3) is 11.6 Å². The first-order valence-electron chi connectivity index (χ1n) is 9.62. The second kappa shape index (κ2) is 10.1. The summed E-state index contributed by atoms with van der Waals surface area (Å²) in [5.41, 5.74) is 1.19. The number of nitro groups is 1. The molecule has 0 radical (unpaired) electrons. The van der Waals surface area contributed by atoms with Crippen molar-refractivity contribution in [2.75, 3.05) is 20.3 Å². The summed E-state index contributed by atoms with van der Waals surface area (Å²) < 4.78 is 13.4. The Kier molecular flexibility index (Phi) is 7.31. The summed E-state index contributed by atoms with van der Waals surface area (Å²) in [7, 11) is 1.59. The average Bonchev–Trinajstić information content (AvgIpc) is 3.08. The van der Waals surface area contributed by atoms with Gasteiger partial charge in [0.15, 0.2) is 4.80 Å². The molecule has 1 aromatic heterocycles. The van der Waals surface area contributed by atoms with E-state index < -0.39 is 10.8 Å². The van der Waals surface area contributed by atoms with Crippen LogP contribution in [0.5, 0.6) is 5.75 Å². The van der Waals surface area contributed by atoms with E-state index in [4.69, 9.17) is 9.47 Å². The molecule has 0 atom stereocenters. The smallest absolute Gasteiger partial charge is 0.279 e. The predicted molar refractivity (Wildman–Crippen MR) is 115 cm³/mol. The van der Waals surface area contributed by atoms with Gasteiger partial charge in [0.2, 0.25) is 0 Å². The highest BCUT2D eigenvalue weighted by Gasteiger charge is 2.13. The molecule has 3 rings (SSSR count). The molecule has 9 heteroatoms. The van der Waals surface area contributed by atoms with Crippen molar-refractivity contribution in [3.63, 3.8) is 0 Å². The number of non-ortho nitro benzene ring substituents is 1. The maximum Gasteiger partial charge on any atom is 0.279 e. The van der Waals surface area contributed by atoms with E-state index in [-0.39, 0.29) is 5.69 Å². The van der Waals surface area contributed by atoms with Gasteiger partial charge in [-0.3, -0.25) is 14.9 Å². The summed E-state index contributed by atoms with van der Waals surface area (Å²) >= 11 is 1.23. The summed E-state index contributed by atoms with van der Waals surface area (Å²) in [5, 5.41) is 11.1. The number of rotatable bonds is 9. The van der Waals surface area contributed by atoms with Crippen LogP contribution < -0.4 is 9.54 Å². The number of carbonyl (C=O) groups excluding carboxylic acids is 1. The Morgan fingerprint density at radius 1 is 1.23 bits per heavy atom. The summed E-state index contributed by atoms with van der Waals surface area (Å²) in [6.45, 7) is 3.57. The fourth-order valence-electron chi connectivity index (χ4n) is 2.86. The molecule has 0 unspecified atom stereocenters. The molecule has 1 heterocycles. The van der Waals surface area contributed by atoms with Crippen molar-refractivity contribution in [1.29, 1.82) is 0 Å². The van der Waals surface area contributed by atoms with Gasteiger partial charge in [-0.1, -0.05) is 30.7 Å². The third kappa shape index (κ3) is 5.11. The zero-order valence-corrected chi connectivity index (χ0v) is 17.7. The highest BCUT2D eigenvalue weighted by atomic mass is 32.1. The van der Waals surface area contributed by atoms with Crippen molar-refractivity contribution in [2.45, 2.75) is 26.3 Å². The number of carbonyl (C=O) groups is 1. The van der Waals surface area contributed by atoms with Crippen LogP contribution in [-0.4, -0.2) is 35.7 Å².